The van der Waals surface area contributed by atoms with Gasteiger partial charge < -0.3 is 9.64 Å². The van der Waals surface area contributed by atoms with Crippen LogP contribution >= 0.6 is 0 Å². The molecule has 0 spiro atoms. The van der Waals surface area contributed by atoms with Crippen molar-refractivity contribution < 1.29 is 13.9 Å². The predicted octanol–water partition coefficient (Wildman–Crippen LogP) is 3.81. The summed E-state index contributed by atoms with van der Waals surface area (Å²) in [5.41, 5.74) is 2.13. The van der Waals surface area contributed by atoms with E-state index in [0.29, 0.717) is 18.7 Å². The summed E-state index contributed by atoms with van der Waals surface area (Å²) in [4.78, 5) is 14.2. The lowest BCUT2D eigenvalue weighted by molar-refractivity contribution is 0.0752. The second kappa shape index (κ2) is 7.07. The minimum atomic E-state index is -0.385. The van der Waals surface area contributed by atoms with Crippen LogP contribution in [0.2, 0.25) is 0 Å². The van der Waals surface area contributed by atoms with Crippen LogP contribution in [0, 0.1) is 12.7 Å². The smallest absolute Gasteiger partial charge is 0.254 e. The molecule has 0 fully saturated rings. The van der Waals surface area contributed by atoms with Crippen LogP contribution in [0.25, 0.3) is 0 Å². The monoisotopic (exact) mass is 301 g/mol. The van der Waals surface area contributed by atoms with Gasteiger partial charge in [0, 0.05) is 18.7 Å². The van der Waals surface area contributed by atoms with Gasteiger partial charge in [0.2, 0.25) is 0 Å². The molecule has 0 atom stereocenters. The van der Waals surface area contributed by atoms with Crippen molar-refractivity contribution in [1.29, 1.82) is 0 Å². The molecule has 2 aromatic carbocycles. The van der Waals surface area contributed by atoms with Gasteiger partial charge in [-0.3, -0.25) is 4.79 Å². The van der Waals surface area contributed by atoms with Gasteiger partial charge in [-0.2, -0.15) is 0 Å². The lowest BCUT2D eigenvalue weighted by Crippen LogP contribution is -2.30. The fourth-order valence-electron chi connectivity index (χ4n) is 2.32. The first-order chi connectivity index (χ1) is 10.5. The zero-order valence-electron chi connectivity index (χ0n) is 13.1. The van der Waals surface area contributed by atoms with Gasteiger partial charge in [-0.1, -0.05) is 12.1 Å². The molecule has 0 saturated heterocycles. The van der Waals surface area contributed by atoms with Crippen LogP contribution in [0.15, 0.2) is 42.5 Å². The Morgan fingerprint density at radius 3 is 2.41 bits per heavy atom. The van der Waals surface area contributed by atoms with E-state index in [1.807, 2.05) is 31.2 Å². The standard InChI is InChI=1S/C18H20FNO2/c1-4-20(12-14-5-7-17(22-3)8-6-14)18(21)15-9-13(2)10-16(19)11-15/h5-11H,4,12H2,1-3H3. The van der Waals surface area contributed by atoms with Crippen molar-refractivity contribution in [1.82, 2.24) is 4.90 Å². The average molecular weight is 301 g/mol. The van der Waals surface area contributed by atoms with Gasteiger partial charge in [-0.25, -0.2) is 4.39 Å². The highest BCUT2D eigenvalue weighted by molar-refractivity contribution is 5.94. The van der Waals surface area contributed by atoms with E-state index in [9.17, 15) is 9.18 Å². The van der Waals surface area contributed by atoms with E-state index in [0.717, 1.165) is 16.9 Å². The van der Waals surface area contributed by atoms with E-state index in [1.54, 1.807) is 25.0 Å². The number of ether oxygens (including phenoxy) is 1. The van der Waals surface area contributed by atoms with E-state index in [-0.39, 0.29) is 11.7 Å². The molecular weight excluding hydrogens is 281 g/mol. The number of nitrogens with zero attached hydrogens (tertiary/aromatic N) is 1. The molecule has 0 aromatic heterocycles. The minimum Gasteiger partial charge on any atom is -0.497 e. The number of benzene rings is 2. The number of halogens is 1. The van der Waals surface area contributed by atoms with Gasteiger partial charge in [0.15, 0.2) is 0 Å². The van der Waals surface area contributed by atoms with Gasteiger partial charge in [-0.05, 0) is 55.3 Å². The Morgan fingerprint density at radius 1 is 1.18 bits per heavy atom. The summed E-state index contributed by atoms with van der Waals surface area (Å²) in [6.45, 7) is 4.72. The maximum atomic E-state index is 13.5. The molecule has 1 amide bonds. The molecule has 22 heavy (non-hydrogen) atoms. The molecule has 116 valence electrons. The van der Waals surface area contributed by atoms with Crippen LogP contribution in [-0.4, -0.2) is 24.5 Å². The number of methoxy groups -OCH3 is 1. The molecule has 2 aromatic rings. The molecule has 3 nitrogen and oxygen atoms in total. The third kappa shape index (κ3) is 3.85. The Labute approximate surface area is 130 Å². The van der Waals surface area contributed by atoms with Crippen LogP contribution in [0.3, 0.4) is 0 Å². The Bertz CT molecular complexity index is 632. The van der Waals surface area contributed by atoms with Crippen LogP contribution in [-0.2, 0) is 6.54 Å². The Morgan fingerprint density at radius 2 is 1.86 bits per heavy atom. The third-order valence-corrected chi connectivity index (χ3v) is 3.49. The first-order valence-corrected chi connectivity index (χ1v) is 7.23. The van der Waals surface area contributed by atoms with Crippen LogP contribution < -0.4 is 4.74 Å². The number of amides is 1. The molecule has 0 radical (unpaired) electrons. The van der Waals surface area contributed by atoms with E-state index in [2.05, 4.69) is 0 Å². The minimum absolute atomic E-state index is 0.166. The topological polar surface area (TPSA) is 29.5 Å². The Hall–Kier alpha value is -2.36. The van der Waals surface area contributed by atoms with Gasteiger partial charge in [-0.15, -0.1) is 0 Å². The number of carbonyl (C=O) groups is 1. The van der Waals surface area contributed by atoms with Crippen LogP contribution in [0.5, 0.6) is 5.75 Å². The zero-order chi connectivity index (χ0) is 16.1. The quantitative estimate of drug-likeness (QED) is 0.840. The maximum absolute atomic E-state index is 13.5. The number of aryl methyl sites for hydroxylation is 1. The lowest BCUT2D eigenvalue weighted by atomic mass is 10.1. The SMILES string of the molecule is CCN(Cc1ccc(OC)cc1)C(=O)c1cc(C)cc(F)c1. The van der Waals surface area contributed by atoms with Crippen molar-refractivity contribution in [3.8, 4) is 5.75 Å². The first kappa shape index (κ1) is 16.0. The van der Waals surface area contributed by atoms with Crippen molar-refractivity contribution in [2.45, 2.75) is 20.4 Å². The maximum Gasteiger partial charge on any atom is 0.254 e. The molecule has 2 rings (SSSR count). The first-order valence-electron chi connectivity index (χ1n) is 7.23. The van der Waals surface area contributed by atoms with Gasteiger partial charge in [0.25, 0.3) is 5.91 Å². The van der Waals surface area contributed by atoms with Gasteiger partial charge in [0.1, 0.15) is 11.6 Å². The summed E-state index contributed by atoms with van der Waals surface area (Å²) in [7, 11) is 1.61. The number of carbonyl (C=O) groups excluding carboxylic acids is 1. The fourth-order valence-corrected chi connectivity index (χ4v) is 2.32. The normalized spacial score (nSPS) is 10.4. The average Bonchev–Trinajstić information content (AvgIpc) is 2.51. The Balaban J connectivity index is 2.17. The highest BCUT2D eigenvalue weighted by atomic mass is 19.1. The molecule has 0 saturated carbocycles. The summed E-state index contributed by atoms with van der Waals surface area (Å²) in [6.07, 6.45) is 0. The fraction of sp³-hybridized carbons (Fsp3) is 0.278. The highest BCUT2D eigenvalue weighted by Crippen LogP contribution is 2.16. The van der Waals surface area contributed by atoms with Crippen molar-refractivity contribution in [2.75, 3.05) is 13.7 Å². The largest absolute Gasteiger partial charge is 0.497 e. The van der Waals surface area contributed by atoms with Crippen molar-refractivity contribution in [3.63, 3.8) is 0 Å². The van der Waals surface area contributed by atoms with Gasteiger partial charge >= 0.3 is 0 Å². The number of hydrogen-bond acceptors (Lipinski definition) is 2. The van der Waals surface area contributed by atoms with Crippen molar-refractivity contribution in [2.24, 2.45) is 0 Å². The molecule has 0 heterocycles. The lowest BCUT2D eigenvalue weighted by Gasteiger charge is -2.21. The van der Waals surface area contributed by atoms with E-state index in [4.69, 9.17) is 4.74 Å². The van der Waals surface area contributed by atoms with Crippen LogP contribution in [0.4, 0.5) is 4.39 Å². The summed E-state index contributed by atoms with van der Waals surface area (Å²) in [5, 5.41) is 0. The van der Waals surface area contributed by atoms with Crippen molar-refractivity contribution >= 4 is 5.91 Å². The van der Waals surface area contributed by atoms with E-state index in [1.165, 1.54) is 12.1 Å². The summed E-state index contributed by atoms with van der Waals surface area (Å²) in [5.74, 6) is 0.226. The molecule has 0 aliphatic heterocycles. The van der Waals surface area contributed by atoms with Gasteiger partial charge in [0.05, 0.1) is 7.11 Å². The molecule has 0 aliphatic rings. The van der Waals surface area contributed by atoms with Crippen LogP contribution in [0.1, 0.15) is 28.4 Å². The molecule has 0 bridgehead atoms. The second-order valence-corrected chi connectivity index (χ2v) is 5.18. The third-order valence-electron chi connectivity index (χ3n) is 3.49. The highest BCUT2D eigenvalue weighted by Gasteiger charge is 2.15. The summed E-state index contributed by atoms with van der Waals surface area (Å²) < 4.78 is 18.6. The summed E-state index contributed by atoms with van der Waals surface area (Å²) >= 11 is 0. The van der Waals surface area contributed by atoms with E-state index < -0.39 is 0 Å². The van der Waals surface area contributed by atoms with Crippen molar-refractivity contribution in [3.05, 3.63) is 65.0 Å². The number of rotatable bonds is 5. The van der Waals surface area contributed by atoms with E-state index >= 15 is 0 Å². The molecule has 0 unspecified atom stereocenters. The molecule has 0 N–H and O–H groups in total. The Kier molecular flexibility index (Phi) is 5.15. The molecule has 0 aliphatic carbocycles. The predicted molar refractivity (Wildman–Crippen MR) is 84.5 cm³/mol. The second-order valence-electron chi connectivity index (χ2n) is 5.18. The molecular formula is C18H20FNO2. The zero-order valence-corrected chi connectivity index (χ0v) is 13.1. The molecule has 4 heteroatoms. The number of hydrogen-bond donors (Lipinski definition) is 0. The summed E-state index contributed by atoms with van der Waals surface area (Å²) in [6, 6.07) is 12.0.